The number of carbonyl (C=O) groups is 2. The van der Waals surface area contributed by atoms with Gasteiger partial charge >= 0.3 is 6.03 Å². The number of carbonyl (C=O) groups excluding carboxylic acids is 2. The van der Waals surface area contributed by atoms with Crippen molar-refractivity contribution in [3.63, 3.8) is 0 Å². The summed E-state index contributed by atoms with van der Waals surface area (Å²) in [6.45, 7) is 0.239. The number of benzene rings is 1. The minimum atomic E-state index is -0.534. The van der Waals surface area contributed by atoms with Gasteiger partial charge < -0.3 is 14.5 Å². The number of hydrogen-bond acceptors (Lipinski definition) is 5. The highest BCUT2D eigenvalue weighted by Crippen LogP contribution is 2.17. The monoisotopic (exact) mass is 334 g/mol. The van der Waals surface area contributed by atoms with Crippen molar-refractivity contribution in [1.29, 1.82) is 0 Å². The molecular weight excluding hydrogens is 316 g/mol. The molecular formula is C16H18N2O4S. The molecule has 0 aliphatic heterocycles. The molecule has 2 rings (SSSR count). The van der Waals surface area contributed by atoms with E-state index in [9.17, 15) is 9.59 Å². The van der Waals surface area contributed by atoms with Crippen molar-refractivity contribution in [2.75, 3.05) is 12.9 Å². The molecule has 0 saturated carbocycles. The topological polar surface area (TPSA) is 80.6 Å². The number of imide groups is 1. The van der Waals surface area contributed by atoms with Crippen LogP contribution in [0.25, 0.3) is 0 Å². The second-order valence-electron chi connectivity index (χ2n) is 4.65. The van der Waals surface area contributed by atoms with Crippen LogP contribution >= 0.6 is 11.8 Å². The number of furan rings is 1. The lowest BCUT2D eigenvalue weighted by Gasteiger charge is -2.06. The average molecular weight is 334 g/mol. The second kappa shape index (κ2) is 8.89. The van der Waals surface area contributed by atoms with Crippen LogP contribution < -0.4 is 15.4 Å². The Morgan fingerprint density at radius 1 is 1.26 bits per heavy atom. The van der Waals surface area contributed by atoms with Crippen molar-refractivity contribution < 1.29 is 18.7 Å². The molecule has 0 aliphatic rings. The van der Waals surface area contributed by atoms with E-state index < -0.39 is 6.03 Å². The van der Waals surface area contributed by atoms with Gasteiger partial charge in [0.05, 0.1) is 25.7 Å². The zero-order valence-corrected chi connectivity index (χ0v) is 13.5. The Kier molecular flexibility index (Phi) is 6.56. The Morgan fingerprint density at radius 2 is 2.13 bits per heavy atom. The number of urea groups is 1. The van der Waals surface area contributed by atoms with Crippen molar-refractivity contribution in [1.82, 2.24) is 10.6 Å². The first-order valence-corrected chi connectivity index (χ1v) is 8.13. The van der Waals surface area contributed by atoms with Gasteiger partial charge in [-0.05, 0) is 29.8 Å². The highest BCUT2D eigenvalue weighted by Gasteiger charge is 2.08. The van der Waals surface area contributed by atoms with Crippen LogP contribution in [0.15, 0.2) is 47.1 Å². The number of rotatable bonds is 7. The zero-order valence-electron chi connectivity index (χ0n) is 12.7. The van der Waals surface area contributed by atoms with Gasteiger partial charge in [-0.2, -0.15) is 0 Å². The van der Waals surface area contributed by atoms with E-state index in [1.54, 1.807) is 19.2 Å². The van der Waals surface area contributed by atoms with Crippen molar-refractivity contribution in [2.45, 2.75) is 12.3 Å². The highest BCUT2D eigenvalue weighted by atomic mass is 32.2. The molecule has 0 unspecified atom stereocenters. The van der Waals surface area contributed by atoms with Gasteiger partial charge in [-0.3, -0.25) is 10.1 Å². The summed E-state index contributed by atoms with van der Waals surface area (Å²) in [6, 6.07) is 10.6. The van der Waals surface area contributed by atoms with E-state index in [-0.39, 0.29) is 18.2 Å². The quantitative estimate of drug-likeness (QED) is 0.813. The molecule has 23 heavy (non-hydrogen) atoms. The Hall–Kier alpha value is -2.41. The molecule has 1 heterocycles. The molecule has 0 fully saturated rings. The predicted molar refractivity (Wildman–Crippen MR) is 88.2 cm³/mol. The fourth-order valence-corrected chi connectivity index (χ4v) is 2.59. The van der Waals surface area contributed by atoms with Crippen LogP contribution in [0, 0.1) is 0 Å². The van der Waals surface area contributed by atoms with Gasteiger partial charge in [0.2, 0.25) is 5.91 Å². The number of hydrogen-bond donors (Lipinski definition) is 2. The maximum atomic E-state index is 11.7. The van der Waals surface area contributed by atoms with Gasteiger partial charge in [-0.15, -0.1) is 11.8 Å². The number of ether oxygens (including phenoxy) is 1. The minimum Gasteiger partial charge on any atom is -0.497 e. The van der Waals surface area contributed by atoms with Crippen LogP contribution in [0.2, 0.25) is 0 Å². The molecule has 0 radical (unpaired) electrons. The predicted octanol–water partition coefficient (Wildman–Crippen LogP) is 2.55. The summed E-state index contributed by atoms with van der Waals surface area (Å²) in [5, 5.41) is 4.82. The van der Waals surface area contributed by atoms with E-state index in [1.165, 1.54) is 18.0 Å². The summed E-state index contributed by atoms with van der Waals surface area (Å²) in [6.07, 6.45) is 1.52. The Balaban J connectivity index is 1.65. The van der Waals surface area contributed by atoms with Gasteiger partial charge in [0.25, 0.3) is 0 Å². The van der Waals surface area contributed by atoms with Crippen LogP contribution in [0.5, 0.6) is 5.75 Å². The van der Waals surface area contributed by atoms with E-state index in [4.69, 9.17) is 9.15 Å². The van der Waals surface area contributed by atoms with Crippen LogP contribution in [-0.4, -0.2) is 24.8 Å². The first-order chi connectivity index (χ1) is 11.2. The largest absolute Gasteiger partial charge is 0.497 e. The van der Waals surface area contributed by atoms with E-state index in [1.807, 2.05) is 24.3 Å². The smallest absolute Gasteiger partial charge is 0.321 e. The van der Waals surface area contributed by atoms with E-state index >= 15 is 0 Å². The molecule has 3 amide bonds. The third-order valence-corrected chi connectivity index (χ3v) is 3.90. The second-order valence-corrected chi connectivity index (χ2v) is 5.64. The molecule has 6 nitrogen and oxygen atoms in total. The van der Waals surface area contributed by atoms with Gasteiger partial charge in [0, 0.05) is 5.75 Å². The summed E-state index contributed by atoms with van der Waals surface area (Å²) in [5.74, 6) is 1.93. The normalized spacial score (nSPS) is 10.1. The summed E-state index contributed by atoms with van der Waals surface area (Å²) >= 11 is 1.43. The van der Waals surface area contributed by atoms with Crippen molar-refractivity contribution in [3.8, 4) is 5.75 Å². The molecule has 0 spiro atoms. The highest BCUT2D eigenvalue weighted by molar-refractivity contribution is 7.99. The van der Waals surface area contributed by atoms with Crippen molar-refractivity contribution >= 4 is 23.7 Å². The van der Waals surface area contributed by atoms with E-state index in [0.717, 1.165) is 11.3 Å². The lowest BCUT2D eigenvalue weighted by atomic mass is 10.2. The van der Waals surface area contributed by atoms with Gasteiger partial charge in [-0.1, -0.05) is 12.1 Å². The molecule has 1 aromatic carbocycles. The first-order valence-electron chi connectivity index (χ1n) is 6.98. The standard InChI is InChI=1S/C16H18N2O4S/c1-21-13-5-2-4-12(8-13)10-23-11-15(19)18-16(20)17-9-14-6-3-7-22-14/h2-8H,9-11H2,1H3,(H2,17,18,19,20). The molecule has 0 aliphatic carbocycles. The summed E-state index contributed by atoms with van der Waals surface area (Å²) in [5.41, 5.74) is 1.06. The third-order valence-electron chi connectivity index (χ3n) is 2.89. The number of methoxy groups -OCH3 is 1. The van der Waals surface area contributed by atoms with Crippen molar-refractivity contribution in [2.24, 2.45) is 0 Å². The molecule has 122 valence electrons. The number of amides is 3. The third kappa shape index (κ3) is 6.07. The van der Waals surface area contributed by atoms with Crippen LogP contribution in [-0.2, 0) is 17.1 Å². The molecule has 0 bridgehead atoms. The summed E-state index contributed by atoms with van der Waals surface area (Å²) in [7, 11) is 1.61. The van der Waals surface area contributed by atoms with Crippen LogP contribution in [0.3, 0.4) is 0 Å². The zero-order chi connectivity index (χ0) is 16.5. The molecule has 7 heteroatoms. The van der Waals surface area contributed by atoms with Gasteiger partial charge in [0.15, 0.2) is 0 Å². The maximum Gasteiger partial charge on any atom is 0.321 e. The summed E-state index contributed by atoms with van der Waals surface area (Å²) in [4.78, 5) is 23.2. The molecule has 0 atom stereocenters. The Morgan fingerprint density at radius 3 is 2.87 bits per heavy atom. The molecule has 1 aromatic heterocycles. The van der Waals surface area contributed by atoms with Crippen LogP contribution in [0.4, 0.5) is 4.79 Å². The number of nitrogens with one attached hydrogen (secondary N) is 2. The van der Waals surface area contributed by atoms with Crippen LogP contribution in [0.1, 0.15) is 11.3 Å². The maximum absolute atomic E-state index is 11.7. The van der Waals surface area contributed by atoms with E-state index in [2.05, 4.69) is 10.6 Å². The summed E-state index contributed by atoms with van der Waals surface area (Å²) < 4.78 is 10.2. The van der Waals surface area contributed by atoms with Gasteiger partial charge in [-0.25, -0.2) is 4.79 Å². The molecule has 2 aromatic rings. The minimum absolute atomic E-state index is 0.200. The van der Waals surface area contributed by atoms with Gasteiger partial charge in [0.1, 0.15) is 11.5 Å². The lowest BCUT2D eigenvalue weighted by Crippen LogP contribution is -2.39. The SMILES string of the molecule is COc1cccc(CSCC(=O)NC(=O)NCc2ccco2)c1. The van der Waals surface area contributed by atoms with Crippen molar-refractivity contribution in [3.05, 3.63) is 54.0 Å². The Labute approximate surface area is 138 Å². The lowest BCUT2D eigenvalue weighted by molar-refractivity contribution is -0.117. The Bertz CT molecular complexity index is 643. The average Bonchev–Trinajstić information content (AvgIpc) is 3.06. The van der Waals surface area contributed by atoms with E-state index in [0.29, 0.717) is 11.5 Å². The molecule has 2 N–H and O–H groups in total. The first kappa shape index (κ1) is 17.0. The number of thioether (sulfide) groups is 1. The fourth-order valence-electron chi connectivity index (χ4n) is 1.81. The fraction of sp³-hybridized carbons (Fsp3) is 0.250. The molecule has 0 saturated heterocycles.